The minimum Gasteiger partial charge on any atom is -0.460 e. The van der Waals surface area contributed by atoms with E-state index in [1.54, 1.807) is 30.0 Å². The van der Waals surface area contributed by atoms with Gasteiger partial charge in [-0.3, -0.25) is 19.2 Å². The molecular weight excluding hydrogens is 692 g/mol. The number of hydrogen-bond acceptors (Lipinski definition) is 8. The first kappa shape index (κ1) is 34.8. The summed E-state index contributed by atoms with van der Waals surface area (Å²) in [6, 6.07) is 14.6. The maximum atomic E-state index is 15.3. The van der Waals surface area contributed by atoms with Crippen molar-refractivity contribution >= 4 is 51.0 Å². The molecule has 0 aromatic heterocycles. The Balaban J connectivity index is 1.50. The highest BCUT2D eigenvalue weighted by Crippen LogP contribution is 2.60. The number of nitrogens with zero attached hydrogens (tertiary/aromatic N) is 3. The lowest BCUT2D eigenvalue weighted by atomic mass is 9.74. The summed E-state index contributed by atoms with van der Waals surface area (Å²) in [5.41, 5.74) is 0.743. The number of carbonyl (C=O) groups excluding carboxylic acids is 4. The fourth-order valence-corrected chi connectivity index (χ4v) is 8.39. The number of fused-ring (bicyclic) bond motifs is 2. The van der Waals surface area contributed by atoms with Crippen LogP contribution in [0, 0.1) is 11.8 Å². The summed E-state index contributed by atoms with van der Waals surface area (Å²) in [4.78, 5) is 61.7. The van der Waals surface area contributed by atoms with Crippen LogP contribution in [0.15, 0.2) is 77.3 Å². The molecule has 2 N–H and O–H groups in total. The Labute approximate surface area is 295 Å². The van der Waals surface area contributed by atoms with Gasteiger partial charge in [0.05, 0.1) is 25.1 Å². The number of anilines is 2. The van der Waals surface area contributed by atoms with Crippen LogP contribution >= 0.6 is 15.9 Å². The van der Waals surface area contributed by atoms with E-state index < -0.39 is 66.1 Å². The van der Waals surface area contributed by atoms with Crippen molar-refractivity contribution in [2.45, 2.75) is 63.5 Å². The highest BCUT2D eigenvalue weighted by atomic mass is 79.9. The zero-order valence-corrected chi connectivity index (χ0v) is 29.5. The molecule has 49 heavy (non-hydrogen) atoms. The van der Waals surface area contributed by atoms with Gasteiger partial charge in [-0.05, 0) is 63.1 Å². The summed E-state index contributed by atoms with van der Waals surface area (Å²) in [5.74, 6) is -3.88. The maximum absolute atomic E-state index is 15.3. The van der Waals surface area contributed by atoms with Crippen LogP contribution in [0.25, 0.3) is 0 Å². The van der Waals surface area contributed by atoms with E-state index >= 15 is 4.79 Å². The molecule has 4 heterocycles. The molecule has 0 aliphatic carbocycles. The molecule has 2 aromatic carbocycles. The van der Waals surface area contributed by atoms with Gasteiger partial charge in [0.25, 0.3) is 5.91 Å². The first-order valence-corrected chi connectivity index (χ1v) is 17.8. The number of benzene rings is 2. The van der Waals surface area contributed by atoms with E-state index in [9.17, 15) is 19.5 Å². The van der Waals surface area contributed by atoms with Crippen LogP contribution in [-0.2, 0) is 28.7 Å². The van der Waals surface area contributed by atoms with E-state index in [0.717, 1.165) is 18.8 Å². The Morgan fingerprint density at radius 3 is 2.41 bits per heavy atom. The van der Waals surface area contributed by atoms with Gasteiger partial charge in [0.1, 0.15) is 29.8 Å². The smallest absolute Gasteiger partial charge is 0.313 e. The second-order valence-corrected chi connectivity index (χ2v) is 13.8. The molecule has 2 aromatic rings. The number of halogens is 1. The third kappa shape index (κ3) is 6.30. The molecule has 4 aliphatic rings. The molecule has 2 fully saturated rings. The van der Waals surface area contributed by atoms with Crippen LogP contribution in [0.2, 0.25) is 0 Å². The molecule has 2 saturated heterocycles. The summed E-state index contributed by atoms with van der Waals surface area (Å²) in [7, 11) is 0. The van der Waals surface area contributed by atoms with Gasteiger partial charge in [0, 0.05) is 41.9 Å². The Kier molecular flexibility index (Phi) is 10.3. The van der Waals surface area contributed by atoms with Gasteiger partial charge in [0.2, 0.25) is 11.8 Å². The number of carbonyl (C=O) groups is 4. The summed E-state index contributed by atoms with van der Waals surface area (Å²) in [5, 5.41) is 13.7. The van der Waals surface area contributed by atoms with E-state index in [-0.39, 0.29) is 25.4 Å². The van der Waals surface area contributed by atoms with Crippen molar-refractivity contribution in [1.82, 2.24) is 10.2 Å². The molecule has 5 bridgehead atoms. The van der Waals surface area contributed by atoms with Crippen LogP contribution in [-0.4, -0.2) is 90.3 Å². The minimum atomic E-state index is -1.52. The number of aliphatic hydroxyl groups excluding tert-OH is 1. The zero-order valence-electron chi connectivity index (χ0n) is 28.0. The minimum absolute atomic E-state index is 0.110. The Morgan fingerprint density at radius 2 is 1.73 bits per heavy atom. The summed E-state index contributed by atoms with van der Waals surface area (Å²) in [6.07, 6.45) is 4.60. The second kappa shape index (κ2) is 14.5. The fourth-order valence-electron chi connectivity index (χ4n) is 7.65. The number of esters is 1. The zero-order chi connectivity index (χ0) is 34.9. The van der Waals surface area contributed by atoms with E-state index in [4.69, 9.17) is 9.47 Å². The maximum Gasteiger partial charge on any atom is 0.313 e. The summed E-state index contributed by atoms with van der Waals surface area (Å²) < 4.78 is 13.0. The first-order valence-electron chi connectivity index (χ1n) is 17.0. The molecule has 0 saturated carbocycles. The van der Waals surface area contributed by atoms with Crippen molar-refractivity contribution in [1.29, 1.82) is 0 Å². The number of amides is 3. The predicted molar refractivity (Wildman–Crippen MR) is 188 cm³/mol. The van der Waals surface area contributed by atoms with E-state index in [1.165, 1.54) is 4.90 Å². The lowest BCUT2D eigenvalue weighted by Crippen LogP contribution is -2.57. The van der Waals surface area contributed by atoms with E-state index in [2.05, 4.69) is 40.0 Å². The molecule has 4 aliphatic heterocycles. The lowest BCUT2D eigenvalue weighted by molar-refractivity contribution is -0.159. The third-order valence-corrected chi connectivity index (χ3v) is 10.7. The molecule has 0 unspecified atom stereocenters. The summed E-state index contributed by atoms with van der Waals surface area (Å²) in [6.45, 7) is 7.28. The highest BCUT2D eigenvalue weighted by molar-refractivity contribution is 9.11. The lowest BCUT2D eigenvalue weighted by Gasteiger charge is -2.39. The van der Waals surface area contributed by atoms with Crippen molar-refractivity contribution in [2.24, 2.45) is 11.8 Å². The SMILES string of the molecule is CCN(CC)c1ccc(N2C/C=C\CCC(=O)NC[C@@H](C)OC(=O)[C@@H]3[C@H]4O[C@@]5(C=C4Br)[C@H](C2=O)N([C@H](CO)c2ccccc2)C(=O)[C@@H]35)cc1. The number of aliphatic hydroxyl groups is 1. The van der Waals surface area contributed by atoms with E-state index in [0.29, 0.717) is 22.2 Å². The van der Waals surface area contributed by atoms with Crippen LogP contribution in [0.1, 0.15) is 45.2 Å². The van der Waals surface area contributed by atoms with Gasteiger partial charge in [-0.2, -0.15) is 0 Å². The molecule has 6 rings (SSSR count). The normalized spacial score (nSPS) is 30.1. The highest BCUT2D eigenvalue weighted by Gasteiger charge is 2.75. The second-order valence-electron chi connectivity index (χ2n) is 12.9. The third-order valence-electron chi connectivity index (χ3n) is 10.0. The monoisotopic (exact) mass is 734 g/mol. The average molecular weight is 736 g/mol. The molecule has 1 spiro atoms. The molecule has 12 heteroatoms. The molecule has 11 nitrogen and oxygen atoms in total. The first-order chi connectivity index (χ1) is 23.6. The van der Waals surface area contributed by atoms with Crippen LogP contribution in [0.3, 0.4) is 0 Å². The molecule has 3 amide bonds. The van der Waals surface area contributed by atoms with Crippen molar-refractivity contribution < 1.29 is 33.8 Å². The Morgan fingerprint density at radius 1 is 1.02 bits per heavy atom. The van der Waals surface area contributed by atoms with Crippen molar-refractivity contribution in [3.8, 4) is 0 Å². The molecule has 260 valence electrons. The molecule has 7 atom stereocenters. The van der Waals surface area contributed by atoms with Gasteiger partial charge >= 0.3 is 5.97 Å². The average Bonchev–Trinajstić information content (AvgIpc) is 3.70. The number of rotatable bonds is 7. The standard InChI is InChI=1S/C37H43BrN4O7/c1-4-40(5-2)25-15-17-26(18-16-25)41-19-11-7-10-14-29(44)39-21-23(3)48-36(47)30-31-34(45)42(28(22-43)24-12-8-6-9-13-24)33(35(41)46)37(31)20-27(38)32(30)49-37/h6-9,11-13,15-18,20,23,28,30-33,43H,4-5,10,14,19,21-22H2,1-3H3,(H,39,44)/b11-7-/t23-,28-,30+,31-,32+,33+,37-/m1/s1. The molecule has 0 radical (unpaired) electrons. The van der Waals surface area contributed by atoms with Gasteiger partial charge in [0.15, 0.2) is 0 Å². The number of nitrogens with one attached hydrogen (secondary N) is 1. The predicted octanol–water partition coefficient (Wildman–Crippen LogP) is 3.87. The fraction of sp³-hybridized carbons (Fsp3) is 0.459. The van der Waals surface area contributed by atoms with Gasteiger partial charge < -0.3 is 34.6 Å². The van der Waals surface area contributed by atoms with Crippen LogP contribution < -0.4 is 15.1 Å². The largest absolute Gasteiger partial charge is 0.460 e. The van der Waals surface area contributed by atoms with Crippen molar-refractivity contribution in [2.75, 3.05) is 42.6 Å². The van der Waals surface area contributed by atoms with Crippen molar-refractivity contribution in [3.05, 3.63) is 82.9 Å². The van der Waals surface area contributed by atoms with Crippen LogP contribution in [0.5, 0.6) is 0 Å². The number of ether oxygens (including phenoxy) is 2. The van der Waals surface area contributed by atoms with Gasteiger partial charge in [-0.1, -0.05) is 58.4 Å². The number of allylic oxidation sites excluding steroid dienone is 1. The van der Waals surface area contributed by atoms with Crippen molar-refractivity contribution in [3.63, 3.8) is 0 Å². The number of hydrogen-bond donors (Lipinski definition) is 2. The number of cyclic esters (lactones) is 1. The van der Waals surface area contributed by atoms with Gasteiger partial charge in [-0.15, -0.1) is 0 Å². The quantitative estimate of drug-likeness (QED) is 0.324. The number of likely N-dealkylation sites (tertiary alicyclic amines) is 1. The van der Waals surface area contributed by atoms with E-state index in [1.807, 2.05) is 54.6 Å². The van der Waals surface area contributed by atoms with Crippen LogP contribution in [0.4, 0.5) is 11.4 Å². The Hall–Kier alpha value is -4.00. The topological polar surface area (TPSA) is 129 Å². The Bertz CT molecular complexity index is 1630. The van der Waals surface area contributed by atoms with Gasteiger partial charge in [-0.25, -0.2) is 0 Å². The molecular formula is C37H43BrN4O7. The summed E-state index contributed by atoms with van der Waals surface area (Å²) >= 11 is 3.59.